The summed E-state index contributed by atoms with van der Waals surface area (Å²) in [6.45, 7) is 8.03. The molecule has 0 bridgehead atoms. The van der Waals surface area contributed by atoms with Crippen LogP contribution in [0.4, 0.5) is 0 Å². The first-order chi connectivity index (χ1) is 8.58. The number of hydrogen-bond donors (Lipinski definition) is 2. The SMILES string of the molecule is CC(C)c1ccc(C(C)NC(=O)C2CNC2)cc1.Cl. The highest BCUT2D eigenvalue weighted by Crippen LogP contribution is 2.19. The number of carbonyl (C=O) groups excluding carboxylic acids is 1. The zero-order chi connectivity index (χ0) is 13.1. The molecule has 1 aliphatic heterocycles. The van der Waals surface area contributed by atoms with E-state index in [-0.39, 0.29) is 30.3 Å². The highest BCUT2D eigenvalue weighted by atomic mass is 35.5. The standard InChI is InChI=1S/C15H22N2O.ClH/c1-10(2)12-4-6-13(7-5-12)11(3)17-15(18)14-8-16-9-14;/h4-7,10-11,14,16H,8-9H2,1-3H3,(H,17,18);1H. The Morgan fingerprint density at radius 3 is 2.11 bits per heavy atom. The third kappa shape index (κ3) is 3.95. The maximum atomic E-state index is 11.8. The molecule has 0 aromatic heterocycles. The zero-order valence-corrected chi connectivity index (χ0v) is 12.6. The molecule has 0 aliphatic carbocycles. The molecule has 0 spiro atoms. The van der Waals surface area contributed by atoms with E-state index >= 15 is 0 Å². The van der Waals surface area contributed by atoms with Gasteiger partial charge in [-0.1, -0.05) is 38.1 Å². The lowest BCUT2D eigenvalue weighted by atomic mass is 9.98. The van der Waals surface area contributed by atoms with Gasteiger partial charge in [-0.25, -0.2) is 0 Å². The molecule has 1 atom stereocenters. The van der Waals surface area contributed by atoms with Gasteiger partial charge in [0.15, 0.2) is 0 Å². The average Bonchev–Trinajstić information content (AvgIpc) is 2.26. The molecule has 1 unspecified atom stereocenters. The summed E-state index contributed by atoms with van der Waals surface area (Å²) in [5.41, 5.74) is 2.50. The number of nitrogens with one attached hydrogen (secondary N) is 2. The van der Waals surface area contributed by atoms with E-state index in [0.29, 0.717) is 5.92 Å². The molecule has 1 fully saturated rings. The van der Waals surface area contributed by atoms with Crippen LogP contribution >= 0.6 is 12.4 Å². The lowest BCUT2D eigenvalue weighted by molar-refractivity contribution is -0.127. The fraction of sp³-hybridized carbons (Fsp3) is 0.533. The fourth-order valence-electron chi connectivity index (χ4n) is 2.06. The molecule has 1 amide bonds. The Morgan fingerprint density at radius 2 is 1.68 bits per heavy atom. The van der Waals surface area contributed by atoms with Gasteiger partial charge in [0.25, 0.3) is 0 Å². The van der Waals surface area contributed by atoms with Crippen molar-refractivity contribution in [2.24, 2.45) is 5.92 Å². The highest BCUT2D eigenvalue weighted by Gasteiger charge is 2.25. The summed E-state index contributed by atoms with van der Waals surface area (Å²) in [6.07, 6.45) is 0. The molecule has 1 aromatic carbocycles. The van der Waals surface area contributed by atoms with Crippen LogP contribution in [-0.2, 0) is 4.79 Å². The van der Waals surface area contributed by atoms with E-state index in [2.05, 4.69) is 48.7 Å². The summed E-state index contributed by atoms with van der Waals surface area (Å²) < 4.78 is 0. The molecule has 3 nitrogen and oxygen atoms in total. The van der Waals surface area contributed by atoms with E-state index in [9.17, 15) is 4.79 Å². The minimum Gasteiger partial charge on any atom is -0.349 e. The van der Waals surface area contributed by atoms with Crippen LogP contribution in [0.3, 0.4) is 0 Å². The molecule has 0 radical (unpaired) electrons. The average molecular weight is 283 g/mol. The van der Waals surface area contributed by atoms with E-state index in [1.165, 1.54) is 11.1 Å². The molecular formula is C15H23ClN2O. The lowest BCUT2D eigenvalue weighted by Crippen LogP contribution is -2.51. The number of hydrogen-bond acceptors (Lipinski definition) is 2. The quantitative estimate of drug-likeness (QED) is 0.891. The number of amides is 1. The summed E-state index contributed by atoms with van der Waals surface area (Å²) in [6, 6.07) is 8.60. The minimum atomic E-state index is 0. The van der Waals surface area contributed by atoms with E-state index in [1.54, 1.807) is 0 Å². The van der Waals surface area contributed by atoms with Crippen LogP contribution in [-0.4, -0.2) is 19.0 Å². The van der Waals surface area contributed by atoms with Crippen LogP contribution in [0.2, 0.25) is 0 Å². The molecule has 1 aliphatic rings. The van der Waals surface area contributed by atoms with Crippen LogP contribution < -0.4 is 10.6 Å². The van der Waals surface area contributed by atoms with Crippen LogP contribution in [0.25, 0.3) is 0 Å². The second-order valence-corrected chi connectivity index (χ2v) is 5.41. The first kappa shape index (κ1) is 16.0. The van der Waals surface area contributed by atoms with E-state index in [1.807, 2.05) is 6.92 Å². The third-order valence-electron chi connectivity index (χ3n) is 3.61. The van der Waals surface area contributed by atoms with Crippen molar-refractivity contribution in [2.45, 2.75) is 32.7 Å². The van der Waals surface area contributed by atoms with Gasteiger partial charge in [0.1, 0.15) is 0 Å². The van der Waals surface area contributed by atoms with Crippen molar-refractivity contribution in [1.29, 1.82) is 0 Å². The van der Waals surface area contributed by atoms with Crippen LogP contribution in [0.15, 0.2) is 24.3 Å². The summed E-state index contributed by atoms with van der Waals surface area (Å²) in [4.78, 5) is 11.8. The molecule has 2 N–H and O–H groups in total. The predicted molar refractivity (Wildman–Crippen MR) is 80.7 cm³/mol. The molecule has 0 saturated carbocycles. The maximum Gasteiger partial charge on any atom is 0.226 e. The number of rotatable bonds is 4. The Kier molecular flexibility index (Phi) is 5.83. The fourth-order valence-corrected chi connectivity index (χ4v) is 2.06. The Hall–Kier alpha value is -1.06. The van der Waals surface area contributed by atoms with Gasteiger partial charge < -0.3 is 10.6 Å². The van der Waals surface area contributed by atoms with Crippen molar-refractivity contribution >= 4 is 18.3 Å². The monoisotopic (exact) mass is 282 g/mol. The number of benzene rings is 1. The first-order valence-corrected chi connectivity index (χ1v) is 6.69. The molecule has 4 heteroatoms. The largest absolute Gasteiger partial charge is 0.349 e. The van der Waals surface area contributed by atoms with Crippen LogP contribution in [0, 0.1) is 5.92 Å². The van der Waals surface area contributed by atoms with Crippen molar-refractivity contribution in [3.05, 3.63) is 35.4 Å². The highest BCUT2D eigenvalue weighted by molar-refractivity contribution is 5.85. The second-order valence-electron chi connectivity index (χ2n) is 5.41. The van der Waals surface area contributed by atoms with Gasteiger partial charge in [-0.05, 0) is 24.0 Å². The molecule has 106 valence electrons. The molecule has 1 aromatic rings. The van der Waals surface area contributed by atoms with Gasteiger partial charge >= 0.3 is 0 Å². The minimum absolute atomic E-state index is 0. The molecule has 1 saturated heterocycles. The number of halogens is 1. The summed E-state index contributed by atoms with van der Waals surface area (Å²) in [7, 11) is 0. The van der Waals surface area contributed by atoms with Gasteiger partial charge in [-0.3, -0.25) is 4.79 Å². The van der Waals surface area contributed by atoms with Crippen LogP contribution in [0.1, 0.15) is 43.9 Å². The van der Waals surface area contributed by atoms with Crippen molar-refractivity contribution in [1.82, 2.24) is 10.6 Å². The normalized spacial score (nSPS) is 16.4. The van der Waals surface area contributed by atoms with Crippen molar-refractivity contribution < 1.29 is 4.79 Å². The maximum absolute atomic E-state index is 11.8. The van der Waals surface area contributed by atoms with Gasteiger partial charge in [-0.2, -0.15) is 0 Å². The molecular weight excluding hydrogens is 260 g/mol. The zero-order valence-electron chi connectivity index (χ0n) is 11.8. The predicted octanol–water partition coefficient (Wildman–Crippen LogP) is 2.63. The Morgan fingerprint density at radius 1 is 1.16 bits per heavy atom. The first-order valence-electron chi connectivity index (χ1n) is 6.69. The number of carbonyl (C=O) groups is 1. The molecule has 2 rings (SSSR count). The van der Waals surface area contributed by atoms with Crippen LogP contribution in [0.5, 0.6) is 0 Å². The summed E-state index contributed by atoms with van der Waals surface area (Å²) >= 11 is 0. The van der Waals surface area contributed by atoms with Gasteiger partial charge in [0.05, 0.1) is 12.0 Å². The van der Waals surface area contributed by atoms with Crippen molar-refractivity contribution in [3.63, 3.8) is 0 Å². The lowest BCUT2D eigenvalue weighted by Gasteiger charge is -2.27. The second kappa shape index (κ2) is 6.92. The molecule has 1 heterocycles. The van der Waals surface area contributed by atoms with Crippen molar-refractivity contribution in [2.75, 3.05) is 13.1 Å². The van der Waals surface area contributed by atoms with Crippen molar-refractivity contribution in [3.8, 4) is 0 Å². The summed E-state index contributed by atoms with van der Waals surface area (Å²) in [5, 5.41) is 6.18. The summed E-state index contributed by atoms with van der Waals surface area (Å²) in [5.74, 6) is 0.863. The van der Waals surface area contributed by atoms with E-state index < -0.39 is 0 Å². The molecule has 19 heavy (non-hydrogen) atoms. The van der Waals surface area contributed by atoms with E-state index in [0.717, 1.165) is 13.1 Å². The third-order valence-corrected chi connectivity index (χ3v) is 3.61. The topological polar surface area (TPSA) is 41.1 Å². The Bertz CT molecular complexity index is 413. The Labute approximate surface area is 121 Å². The van der Waals surface area contributed by atoms with Gasteiger partial charge in [0, 0.05) is 13.1 Å². The van der Waals surface area contributed by atoms with E-state index in [4.69, 9.17) is 0 Å². The smallest absolute Gasteiger partial charge is 0.226 e. The van der Waals surface area contributed by atoms with Gasteiger partial charge in [0.2, 0.25) is 5.91 Å². The Balaban J connectivity index is 0.00000180. The van der Waals surface area contributed by atoms with Gasteiger partial charge in [-0.15, -0.1) is 12.4 Å².